The van der Waals surface area contributed by atoms with Crippen molar-refractivity contribution in [1.82, 2.24) is 14.8 Å². The van der Waals surface area contributed by atoms with Crippen LogP contribution in [0.5, 0.6) is 0 Å². The molecule has 3 fully saturated rings. The van der Waals surface area contributed by atoms with Gasteiger partial charge in [-0.1, -0.05) is 25.5 Å². The lowest BCUT2D eigenvalue weighted by Gasteiger charge is -2.41. The average molecular weight is 570 g/mol. The minimum absolute atomic E-state index is 0.133. The maximum absolute atomic E-state index is 14.2. The number of likely N-dealkylation sites (tertiary alicyclic amines) is 1. The Kier molecular flexibility index (Phi) is 7.37. The van der Waals surface area contributed by atoms with Gasteiger partial charge in [0.05, 0.1) is 23.7 Å². The van der Waals surface area contributed by atoms with Crippen LogP contribution in [0.1, 0.15) is 84.1 Å². The molecule has 4 aliphatic rings. The topological polar surface area (TPSA) is 62.7 Å². The molecule has 1 amide bonds. The lowest BCUT2D eigenvalue weighted by atomic mass is 9.78. The van der Waals surface area contributed by atoms with Crippen LogP contribution in [0.3, 0.4) is 0 Å². The van der Waals surface area contributed by atoms with Crippen LogP contribution in [0.4, 0.5) is 13.2 Å². The molecule has 3 heterocycles. The number of carbonyl (C=O) groups excluding carboxylic acids is 2. The number of benzene rings is 1. The molecule has 2 aliphatic carbocycles. The minimum Gasteiger partial charge on any atom is -0.465 e. The second-order valence-corrected chi connectivity index (χ2v) is 12.6. The summed E-state index contributed by atoms with van der Waals surface area (Å²) in [6.45, 7) is 4.88. The first kappa shape index (κ1) is 28.2. The van der Waals surface area contributed by atoms with Crippen LogP contribution in [0.15, 0.2) is 36.5 Å². The van der Waals surface area contributed by atoms with Crippen molar-refractivity contribution in [2.75, 3.05) is 26.7 Å². The summed E-state index contributed by atoms with van der Waals surface area (Å²) < 4.78 is 44.9. The Hall–Kier alpha value is -2.94. The van der Waals surface area contributed by atoms with Gasteiger partial charge in [0.1, 0.15) is 0 Å². The molecule has 9 heteroatoms. The molecule has 2 saturated carbocycles. The molecule has 1 aromatic carbocycles. The molecule has 6 rings (SSSR count). The number of carbonyl (C=O) groups is 2. The number of rotatable bonds is 4. The van der Waals surface area contributed by atoms with Crippen molar-refractivity contribution in [2.45, 2.75) is 76.6 Å². The van der Waals surface area contributed by atoms with E-state index in [2.05, 4.69) is 22.9 Å². The fraction of sp³-hybridized carbons (Fsp3) is 0.594. The first-order valence-electron chi connectivity index (χ1n) is 14.9. The van der Waals surface area contributed by atoms with E-state index in [1.165, 1.54) is 18.7 Å². The molecule has 5 atom stereocenters. The number of aromatic nitrogens is 1. The van der Waals surface area contributed by atoms with Gasteiger partial charge >= 0.3 is 12.1 Å². The van der Waals surface area contributed by atoms with E-state index in [1.807, 2.05) is 17.0 Å². The third-order valence-corrected chi connectivity index (χ3v) is 10.4. The molecule has 0 radical (unpaired) electrons. The maximum atomic E-state index is 14.2. The quantitative estimate of drug-likeness (QED) is 0.433. The largest absolute Gasteiger partial charge is 0.465 e. The SMILES string of the molecule is COC(=O)c1cccc([C@@H]2CCN(C3C[C@H]4CCC[C@@]4(C(=O)N4CCc5ncc(C(F)(F)F)cc5C4)C3)C[C@H]2C)c1. The number of piperidine rings is 1. The summed E-state index contributed by atoms with van der Waals surface area (Å²) in [6.07, 6.45) is 2.71. The number of hydrogen-bond acceptors (Lipinski definition) is 5. The molecule has 1 saturated heterocycles. The summed E-state index contributed by atoms with van der Waals surface area (Å²) in [5.41, 5.74) is 1.77. The molecule has 2 aromatic rings. The fourth-order valence-electron chi connectivity index (χ4n) is 8.32. The molecular weight excluding hydrogens is 531 g/mol. The number of alkyl halides is 3. The molecule has 0 bridgehead atoms. The third-order valence-electron chi connectivity index (χ3n) is 10.4. The average Bonchev–Trinajstić information content (AvgIpc) is 3.54. The predicted molar refractivity (Wildman–Crippen MR) is 147 cm³/mol. The zero-order chi connectivity index (χ0) is 28.9. The zero-order valence-corrected chi connectivity index (χ0v) is 23.8. The molecule has 1 unspecified atom stereocenters. The molecule has 1 aromatic heterocycles. The van der Waals surface area contributed by atoms with Crippen molar-refractivity contribution in [3.8, 4) is 0 Å². The lowest BCUT2D eigenvalue weighted by molar-refractivity contribution is -0.144. The van der Waals surface area contributed by atoms with Gasteiger partial charge in [0.25, 0.3) is 0 Å². The Morgan fingerprint density at radius 1 is 1.15 bits per heavy atom. The normalized spacial score (nSPS) is 30.1. The number of hydrogen-bond donors (Lipinski definition) is 0. The standard InChI is InChI=1S/C32H38F3N3O3/c1-20-18-37(11-8-27(20)21-5-3-6-22(13-21)29(39)41-2)26-15-24-7-4-10-31(24,16-26)30(40)38-12-9-28-23(19-38)14-25(17-36-28)32(33,34)35/h3,5-6,13-14,17,20,24,26-27H,4,7-12,15-16,18-19H2,1-2H3/t20-,24-,26?,27-,31-/m1/s1. The van der Waals surface area contributed by atoms with Crippen LogP contribution >= 0.6 is 0 Å². The summed E-state index contributed by atoms with van der Waals surface area (Å²) in [6, 6.07) is 9.28. The van der Waals surface area contributed by atoms with E-state index < -0.39 is 17.2 Å². The summed E-state index contributed by atoms with van der Waals surface area (Å²) in [5, 5.41) is 0. The van der Waals surface area contributed by atoms with Gasteiger partial charge in [-0.2, -0.15) is 13.2 Å². The molecule has 0 N–H and O–H groups in total. The number of methoxy groups -OCH3 is 1. The highest BCUT2D eigenvalue weighted by atomic mass is 19.4. The van der Waals surface area contributed by atoms with Crippen LogP contribution in [0.2, 0.25) is 0 Å². The van der Waals surface area contributed by atoms with E-state index >= 15 is 0 Å². The molecule has 0 spiro atoms. The third kappa shape index (κ3) is 5.15. The highest BCUT2D eigenvalue weighted by Crippen LogP contribution is 2.57. The van der Waals surface area contributed by atoms with Crippen LogP contribution in [-0.2, 0) is 28.7 Å². The van der Waals surface area contributed by atoms with Gasteiger partial charge in [0.2, 0.25) is 5.91 Å². The van der Waals surface area contributed by atoms with Crippen molar-refractivity contribution < 1.29 is 27.5 Å². The van der Waals surface area contributed by atoms with Crippen molar-refractivity contribution in [3.63, 3.8) is 0 Å². The van der Waals surface area contributed by atoms with Crippen molar-refractivity contribution in [1.29, 1.82) is 0 Å². The number of amides is 1. The number of halogens is 3. The Labute approximate surface area is 239 Å². The second kappa shape index (κ2) is 10.7. The van der Waals surface area contributed by atoms with Crippen molar-refractivity contribution in [2.24, 2.45) is 17.3 Å². The van der Waals surface area contributed by atoms with Gasteiger partial charge < -0.3 is 14.5 Å². The summed E-state index contributed by atoms with van der Waals surface area (Å²) in [4.78, 5) is 34.7. The van der Waals surface area contributed by atoms with Crippen molar-refractivity contribution >= 4 is 11.9 Å². The molecule has 6 nitrogen and oxygen atoms in total. The highest BCUT2D eigenvalue weighted by molar-refractivity contribution is 5.89. The van der Waals surface area contributed by atoms with E-state index in [9.17, 15) is 22.8 Å². The summed E-state index contributed by atoms with van der Waals surface area (Å²) in [5.74, 6) is 0.895. The fourth-order valence-corrected chi connectivity index (χ4v) is 8.32. The van der Waals surface area contributed by atoms with Gasteiger partial charge in [-0.25, -0.2) is 4.79 Å². The molecule has 41 heavy (non-hydrogen) atoms. The number of pyridine rings is 1. The van der Waals surface area contributed by atoms with E-state index in [0.717, 1.165) is 57.8 Å². The van der Waals surface area contributed by atoms with Gasteiger partial charge in [-0.3, -0.25) is 9.78 Å². The predicted octanol–water partition coefficient (Wildman–Crippen LogP) is 5.85. The number of esters is 1. The zero-order valence-electron chi connectivity index (χ0n) is 23.8. The summed E-state index contributed by atoms with van der Waals surface area (Å²) >= 11 is 0. The summed E-state index contributed by atoms with van der Waals surface area (Å²) in [7, 11) is 1.40. The number of ether oxygens (including phenoxy) is 1. The Morgan fingerprint density at radius 2 is 1.98 bits per heavy atom. The van der Waals surface area contributed by atoms with Crippen LogP contribution in [-0.4, -0.2) is 59.4 Å². The van der Waals surface area contributed by atoms with Crippen LogP contribution in [0, 0.1) is 17.3 Å². The number of nitrogens with zero attached hydrogens (tertiary/aromatic N) is 3. The van der Waals surface area contributed by atoms with E-state index in [0.29, 0.717) is 53.6 Å². The monoisotopic (exact) mass is 569 g/mol. The Morgan fingerprint density at radius 3 is 2.73 bits per heavy atom. The highest BCUT2D eigenvalue weighted by Gasteiger charge is 2.57. The number of fused-ring (bicyclic) bond motifs is 2. The van der Waals surface area contributed by atoms with E-state index in [1.54, 1.807) is 6.07 Å². The van der Waals surface area contributed by atoms with Gasteiger partial charge in [0.15, 0.2) is 0 Å². The minimum atomic E-state index is -4.45. The van der Waals surface area contributed by atoms with Gasteiger partial charge in [0, 0.05) is 44.0 Å². The second-order valence-electron chi connectivity index (χ2n) is 12.6. The van der Waals surface area contributed by atoms with E-state index in [-0.39, 0.29) is 18.4 Å². The molecule has 220 valence electrons. The first-order valence-corrected chi connectivity index (χ1v) is 14.9. The Bertz CT molecular complexity index is 1330. The molecular formula is C32H38F3N3O3. The van der Waals surface area contributed by atoms with E-state index in [4.69, 9.17) is 4.74 Å². The van der Waals surface area contributed by atoms with Gasteiger partial charge in [-0.05, 0) is 85.7 Å². The Balaban J connectivity index is 1.14. The first-order chi connectivity index (χ1) is 19.6. The van der Waals surface area contributed by atoms with Crippen LogP contribution in [0.25, 0.3) is 0 Å². The smallest absolute Gasteiger partial charge is 0.417 e. The van der Waals surface area contributed by atoms with Crippen LogP contribution < -0.4 is 0 Å². The maximum Gasteiger partial charge on any atom is 0.417 e. The van der Waals surface area contributed by atoms with Gasteiger partial charge in [-0.15, -0.1) is 0 Å². The van der Waals surface area contributed by atoms with Crippen molar-refractivity contribution in [3.05, 3.63) is 64.5 Å². The molecule has 2 aliphatic heterocycles. The lowest BCUT2D eigenvalue weighted by Crippen LogP contribution is -2.48.